The van der Waals surface area contributed by atoms with Crippen molar-refractivity contribution in [2.24, 2.45) is 0 Å². The van der Waals surface area contributed by atoms with E-state index in [2.05, 4.69) is 4.90 Å². The minimum absolute atomic E-state index is 0.0735. The third-order valence-electron chi connectivity index (χ3n) is 3.87. The molecule has 0 aliphatic carbocycles. The highest BCUT2D eigenvalue weighted by atomic mass is 35.5. The van der Waals surface area contributed by atoms with Crippen LogP contribution < -0.4 is 4.90 Å². The topological polar surface area (TPSA) is 20.3 Å². The van der Waals surface area contributed by atoms with Crippen molar-refractivity contribution in [3.63, 3.8) is 0 Å². The van der Waals surface area contributed by atoms with Crippen LogP contribution in [-0.2, 0) is 13.0 Å². The van der Waals surface area contributed by atoms with E-state index in [1.54, 1.807) is 13.0 Å². The van der Waals surface area contributed by atoms with E-state index in [1.165, 1.54) is 6.07 Å². The Hall–Kier alpha value is -1.87. The Kier molecular flexibility index (Phi) is 3.68. The first-order chi connectivity index (χ1) is 10.1. The van der Waals surface area contributed by atoms with Crippen molar-refractivity contribution in [2.75, 3.05) is 11.4 Å². The average molecular weight is 304 g/mol. The van der Waals surface area contributed by atoms with Crippen molar-refractivity contribution in [2.45, 2.75) is 19.9 Å². The molecule has 2 nitrogen and oxygen atoms in total. The first kappa shape index (κ1) is 14.1. The minimum Gasteiger partial charge on any atom is -0.367 e. The molecule has 0 fully saturated rings. The maximum Gasteiger partial charge on any atom is 0.159 e. The van der Waals surface area contributed by atoms with Crippen LogP contribution in [0.1, 0.15) is 28.4 Å². The Morgan fingerprint density at radius 1 is 1.33 bits per heavy atom. The molecule has 0 bridgehead atoms. The van der Waals surface area contributed by atoms with Crippen LogP contribution in [0.3, 0.4) is 0 Å². The van der Waals surface area contributed by atoms with Gasteiger partial charge in [0.1, 0.15) is 5.82 Å². The first-order valence-electron chi connectivity index (χ1n) is 6.88. The smallest absolute Gasteiger partial charge is 0.159 e. The molecule has 108 valence electrons. The molecule has 0 unspecified atom stereocenters. The van der Waals surface area contributed by atoms with E-state index in [0.29, 0.717) is 6.54 Å². The molecule has 3 rings (SSSR count). The van der Waals surface area contributed by atoms with Crippen LogP contribution in [0, 0.1) is 5.82 Å². The van der Waals surface area contributed by atoms with Gasteiger partial charge in [0, 0.05) is 24.3 Å². The zero-order valence-corrected chi connectivity index (χ0v) is 12.5. The summed E-state index contributed by atoms with van der Waals surface area (Å²) in [7, 11) is 0. The Balaban J connectivity index is 1.88. The fourth-order valence-corrected chi connectivity index (χ4v) is 2.92. The summed E-state index contributed by atoms with van der Waals surface area (Å²) in [6.07, 6.45) is 0.892. The van der Waals surface area contributed by atoms with E-state index in [-0.39, 0.29) is 16.6 Å². The molecule has 2 aromatic carbocycles. The lowest BCUT2D eigenvalue weighted by molar-refractivity contribution is 0.101. The highest BCUT2D eigenvalue weighted by molar-refractivity contribution is 6.31. The lowest BCUT2D eigenvalue weighted by Crippen LogP contribution is -2.20. The van der Waals surface area contributed by atoms with Crippen LogP contribution >= 0.6 is 11.6 Å². The number of rotatable bonds is 3. The molecule has 0 spiro atoms. The van der Waals surface area contributed by atoms with Crippen LogP contribution in [0.25, 0.3) is 0 Å². The van der Waals surface area contributed by atoms with E-state index in [0.717, 1.165) is 35.3 Å². The van der Waals surface area contributed by atoms with Crippen molar-refractivity contribution in [3.8, 4) is 0 Å². The normalized spacial score (nSPS) is 13.4. The predicted octanol–water partition coefficient (Wildman–Crippen LogP) is 4.24. The average Bonchev–Trinajstić information content (AvgIpc) is 2.86. The molecule has 4 heteroatoms. The Morgan fingerprint density at radius 3 is 2.90 bits per heavy atom. The Bertz CT molecular complexity index is 714. The van der Waals surface area contributed by atoms with E-state index in [4.69, 9.17) is 11.6 Å². The van der Waals surface area contributed by atoms with E-state index < -0.39 is 0 Å². The zero-order valence-electron chi connectivity index (χ0n) is 11.7. The highest BCUT2D eigenvalue weighted by Crippen LogP contribution is 2.32. The molecule has 2 aromatic rings. The van der Waals surface area contributed by atoms with E-state index in [9.17, 15) is 9.18 Å². The van der Waals surface area contributed by atoms with Gasteiger partial charge in [-0.3, -0.25) is 4.79 Å². The fourth-order valence-electron chi connectivity index (χ4n) is 2.73. The monoisotopic (exact) mass is 303 g/mol. The molecule has 0 N–H and O–H groups in total. The van der Waals surface area contributed by atoms with Gasteiger partial charge < -0.3 is 4.90 Å². The number of anilines is 1. The molecular weight excluding hydrogens is 289 g/mol. The second kappa shape index (κ2) is 5.49. The maximum absolute atomic E-state index is 13.5. The molecule has 21 heavy (non-hydrogen) atoms. The number of hydrogen-bond acceptors (Lipinski definition) is 2. The summed E-state index contributed by atoms with van der Waals surface area (Å²) >= 11 is 6.02. The molecule has 0 saturated carbocycles. The zero-order chi connectivity index (χ0) is 15.0. The third-order valence-corrected chi connectivity index (χ3v) is 4.29. The SMILES string of the molecule is CC(=O)c1ccc2c(c1)CCN2Cc1cccc(F)c1Cl. The van der Waals surface area contributed by atoms with Gasteiger partial charge in [0.25, 0.3) is 0 Å². The molecule has 0 radical (unpaired) electrons. The van der Waals surface area contributed by atoms with Gasteiger partial charge in [-0.2, -0.15) is 0 Å². The highest BCUT2D eigenvalue weighted by Gasteiger charge is 2.21. The molecule has 1 aliphatic rings. The molecule has 1 aliphatic heterocycles. The van der Waals surface area contributed by atoms with Gasteiger partial charge in [-0.25, -0.2) is 4.39 Å². The van der Waals surface area contributed by atoms with Crippen LogP contribution in [0.5, 0.6) is 0 Å². The van der Waals surface area contributed by atoms with Gasteiger partial charge >= 0.3 is 0 Å². The first-order valence-corrected chi connectivity index (χ1v) is 7.26. The second-order valence-corrected chi connectivity index (χ2v) is 5.66. The van der Waals surface area contributed by atoms with Gasteiger partial charge in [0.05, 0.1) is 5.02 Å². The van der Waals surface area contributed by atoms with Gasteiger partial charge in [-0.15, -0.1) is 0 Å². The van der Waals surface area contributed by atoms with E-state index >= 15 is 0 Å². The van der Waals surface area contributed by atoms with Crippen molar-refractivity contribution >= 4 is 23.1 Å². The summed E-state index contributed by atoms with van der Waals surface area (Å²) in [6.45, 7) is 2.99. The van der Waals surface area contributed by atoms with Crippen molar-refractivity contribution in [3.05, 3.63) is 63.9 Å². The molecule has 0 aromatic heterocycles. The summed E-state index contributed by atoms with van der Waals surface area (Å²) in [6, 6.07) is 10.6. The summed E-state index contributed by atoms with van der Waals surface area (Å²) in [5, 5.41) is 0.186. The number of Topliss-reactive ketones (excluding diaryl/α,β-unsaturated/α-hetero) is 1. The largest absolute Gasteiger partial charge is 0.367 e. The van der Waals surface area contributed by atoms with Crippen LogP contribution in [0.2, 0.25) is 5.02 Å². The van der Waals surface area contributed by atoms with Gasteiger partial charge in [-0.05, 0) is 48.7 Å². The summed E-state index contributed by atoms with van der Waals surface area (Å²) < 4.78 is 13.5. The van der Waals surface area contributed by atoms with Crippen molar-refractivity contribution in [1.82, 2.24) is 0 Å². The Morgan fingerprint density at radius 2 is 2.14 bits per heavy atom. The lowest BCUT2D eigenvalue weighted by atomic mass is 10.1. The number of benzene rings is 2. The van der Waals surface area contributed by atoms with Crippen LogP contribution in [0.4, 0.5) is 10.1 Å². The third kappa shape index (κ3) is 2.66. The molecule has 0 amide bonds. The second-order valence-electron chi connectivity index (χ2n) is 5.28. The lowest BCUT2D eigenvalue weighted by Gasteiger charge is -2.20. The number of ketones is 1. The molecule has 1 heterocycles. The number of nitrogens with zero attached hydrogens (tertiary/aromatic N) is 1. The van der Waals surface area contributed by atoms with Crippen LogP contribution in [0.15, 0.2) is 36.4 Å². The van der Waals surface area contributed by atoms with Crippen molar-refractivity contribution in [1.29, 1.82) is 0 Å². The fraction of sp³-hybridized carbons (Fsp3) is 0.235. The number of hydrogen-bond donors (Lipinski definition) is 0. The quantitative estimate of drug-likeness (QED) is 0.790. The number of carbonyl (C=O) groups is 1. The predicted molar refractivity (Wildman–Crippen MR) is 82.6 cm³/mol. The number of fused-ring (bicyclic) bond motifs is 1. The summed E-state index contributed by atoms with van der Waals surface area (Å²) in [5.41, 5.74) is 3.77. The Labute approximate surface area is 128 Å². The van der Waals surface area contributed by atoms with Crippen LogP contribution in [-0.4, -0.2) is 12.3 Å². The molecule has 0 saturated heterocycles. The summed E-state index contributed by atoms with van der Waals surface area (Å²) in [4.78, 5) is 13.6. The van der Waals surface area contributed by atoms with E-state index in [1.807, 2.05) is 24.3 Å². The van der Waals surface area contributed by atoms with Crippen molar-refractivity contribution < 1.29 is 9.18 Å². The van der Waals surface area contributed by atoms with Gasteiger partial charge in [0.2, 0.25) is 0 Å². The number of halogens is 2. The molecule has 0 atom stereocenters. The molecular formula is C17H15ClFNO. The standard InChI is InChI=1S/C17H15ClFNO/c1-11(21)12-5-6-16-13(9-12)7-8-20(16)10-14-3-2-4-15(19)17(14)18/h2-6,9H,7-8,10H2,1H3. The number of carbonyl (C=O) groups excluding carboxylic acids is 1. The maximum atomic E-state index is 13.5. The van der Waals surface area contributed by atoms with Gasteiger partial charge in [-0.1, -0.05) is 23.7 Å². The van der Waals surface area contributed by atoms with Gasteiger partial charge in [0.15, 0.2) is 5.78 Å². The summed E-state index contributed by atoms with van der Waals surface area (Å²) in [5.74, 6) is -0.315. The minimum atomic E-state index is -0.388.